The summed E-state index contributed by atoms with van der Waals surface area (Å²) in [5.41, 5.74) is 0.881. The van der Waals surface area contributed by atoms with Crippen LogP contribution in [0.4, 0.5) is 5.00 Å². The number of hydrogen-bond acceptors (Lipinski definition) is 5. The predicted octanol–water partition coefficient (Wildman–Crippen LogP) is 1.88. The summed E-state index contributed by atoms with van der Waals surface area (Å²) >= 11 is 1.22. The van der Waals surface area contributed by atoms with Crippen LogP contribution >= 0.6 is 11.5 Å². The van der Waals surface area contributed by atoms with Crippen molar-refractivity contribution in [3.8, 4) is 0 Å². The molecule has 2 aliphatic rings. The van der Waals surface area contributed by atoms with E-state index in [0.29, 0.717) is 22.4 Å². The summed E-state index contributed by atoms with van der Waals surface area (Å²) in [6.45, 7) is 1.72. The van der Waals surface area contributed by atoms with Crippen molar-refractivity contribution in [1.29, 1.82) is 0 Å². The minimum atomic E-state index is -0.914. The van der Waals surface area contributed by atoms with Crippen molar-refractivity contribution in [2.45, 2.75) is 44.4 Å². The molecule has 2 saturated heterocycles. The summed E-state index contributed by atoms with van der Waals surface area (Å²) < 4.78 is 9.84. The molecule has 6 heteroatoms. The minimum Gasteiger partial charge on any atom is -0.478 e. The summed E-state index contributed by atoms with van der Waals surface area (Å²) in [5, 5.41) is 13.1. The van der Waals surface area contributed by atoms with Gasteiger partial charge in [0.2, 0.25) is 0 Å². The molecular weight excluding hydrogens is 240 g/mol. The molecule has 1 aromatic heterocycles. The molecule has 0 aromatic carbocycles. The number of carboxylic acid groups (broad SMARTS) is 1. The zero-order valence-electron chi connectivity index (χ0n) is 9.47. The van der Waals surface area contributed by atoms with E-state index in [2.05, 4.69) is 9.69 Å². The molecule has 3 rings (SSSR count). The first-order valence-electron chi connectivity index (χ1n) is 5.76. The molecule has 3 atom stereocenters. The molecule has 92 valence electrons. The topological polar surface area (TPSA) is 71.5 Å². The van der Waals surface area contributed by atoms with Crippen molar-refractivity contribution in [3.05, 3.63) is 11.3 Å². The maximum Gasteiger partial charge on any atom is 0.340 e. The van der Waals surface area contributed by atoms with Crippen molar-refractivity contribution in [3.63, 3.8) is 0 Å². The van der Waals surface area contributed by atoms with Crippen molar-refractivity contribution >= 4 is 22.5 Å². The third-order valence-corrected chi connectivity index (χ3v) is 4.37. The molecule has 0 amide bonds. The van der Waals surface area contributed by atoms with E-state index < -0.39 is 5.97 Å². The molecule has 0 radical (unpaired) electrons. The maximum absolute atomic E-state index is 11.1. The Morgan fingerprint density at radius 3 is 3.00 bits per heavy atom. The number of anilines is 1. The van der Waals surface area contributed by atoms with Crippen molar-refractivity contribution in [2.75, 3.05) is 5.32 Å². The number of nitrogens with zero attached hydrogens (tertiary/aromatic N) is 1. The molecule has 2 N–H and O–H groups in total. The van der Waals surface area contributed by atoms with E-state index in [1.807, 2.05) is 0 Å². The highest BCUT2D eigenvalue weighted by Gasteiger charge is 2.41. The van der Waals surface area contributed by atoms with E-state index in [9.17, 15) is 4.79 Å². The van der Waals surface area contributed by atoms with Gasteiger partial charge in [-0.05, 0) is 37.7 Å². The van der Waals surface area contributed by atoms with E-state index >= 15 is 0 Å². The first-order valence-corrected chi connectivity index (χ1v) is 6.54. The fourth-order valence-electron chi connectivity index (χ4n) is 2.68. The van der Waals surface area contributed by atoms with Crippen LogP contribution in [0.1, 0.15) is 35.3 Å². The summed E-state index contributed by atoms with van der Waals surface area (Å²) in [7, 11) is 0. The number of nitrogens with one attached hydrogen (secondary N) is 1. The second kappa shape index (κ2) is 3.96. The highest BCUT2D eigenvalue weighted by molar-refractivity contribution is 7.10. The van der Waals surface area contributed by atoms with E-state index in [1.165, 1.54) is 11.5 Å². The lowest BCUT2D eigenvalue weighted by Crippen LogP contribution is -2.30. The van der Waals surface area contributed by atoms with Gasteiger partial charge in [0, 0.05) is 0 Å². The second-order valence-corrected chi connectivity index (χ2v) is 5.41. The average molecular weight is 254 g/mol. The van der Waals surface area contributed by atoms with Gasteiger partial charge in [-0.2, -0.15) is 4.37 Å². The number of carbonyl (C=O) groups is 1. The number of rotatable bonds is 3. The Morgan fingerprint density at radius 2 is 2.41 bits per heavy atom. The number of aromatic nitrogens is 1. The summed E-state index contributed by atoms with van der Waals surface area (Å²) in [5.74, 6) is -0.914. The van der Waals surface area contributed by atoms with Gasteiger partial charge in [-0.1, -0.05) is 0 Å². The molecule has 2 bridgehead atoms. The van der Waals surface area contributed by atoms with Crippen LogP contribution in [0.2, 0.25) is 0 Å². The summed E-state index contributed by atoms with van der Waals surface area (Å²) in [4.78, 5) is 11.1. The molecule has 0 spiro atoms. The van der Waals surface area contributed by atoms with Crippen LogP contribution < -0.4 is 5.32 Å². The fourth-order valence-corrected chi connectivity index (χ4v) is 3.53. The average Bonchev–Trinajstić information content (AvgIpc) is 2.93. The standard InChI is InChI=1S/C11H14N2O3S/c1-5-9(11(14)15)10(17-13-5)12-7-4-6-2-3-8(7)16-6/h6-8,12H,2-4H2,1H3,(H,14,15). The molecule has 0 saturated carbocycles. The SMILES string of the molecule is Cc1nsc(NC2CC3CCC2O3)c1C(=O)O. The highest BCUT2D eigenvalue weighted by atomic mass is 32.1. The Balaban J connectivity index is 1.79. The van der Waals surface area contributed by atoms with Gasteiger partial charge in [0.1, 0.15) is 10.6 Å². The van der Waals surface area contributed by atoms with E-state index in [0.717, 1.165) is 19.3 Å². The lowest BCUT2D eigenvalue weighted by atomic mass is 9.95. The van der Waals surface area contributed by atoms with Crippen molar-refractivity contribution in [2.24, 2.45) is 0 Å². The molecular formula is C11H14N2O3S. The Morgan fingerprint density at radius 1 is 1.59 bits per heavy atom. The van der Waals surface area contributed by atoms with Crippen LogP contribution in [0, 0.1) is 6.92 Å². The van der Waals surface area contributed by atoms with Gasteiger partial charge in [-0.25, -0.2) is 4.79 Å². The number of carboxylic acids is 1. The van der Waals surface area contributed by atoms with E-state index in [1.54, 1.807) is 6.92 Å². The Labute approximate surface area is 103 Å². The van der Waals surface area contributed by atoms with E-state index in [-0.39, 0.29) is 12.1 Å². The number of fused-ring (bicyclic) bond motifs is 2. The van der Waals surface area contributed by atoms with Gasteiger partial charge in [0.15, 0.2) is 0 Å². The van der Waals surface area contributed by atoms with Crippen LogP contribution in [0.15, 0.2) is 0 Å². The van der Waals surface area contributed by atoms with Crippen molar-refractivity contribution < 1.29 is 14.6 Å². The first-order chi connectivity index (χ1) is 8.15. The summed E-state index contributed by atoms with van der Waals surface area (Å²) in [6, 6.07) is 0.242. The second-order valence-electron chi connectivity index (χ2n) is 4.64. The zero-order valence-corrected chi connectivity index (χ0v) is 10.3. The summed E-state index contributed by atoms with van der Waals surface area (Å²) in [6.07, 6.45) is 3.78. The highest BCUT2D eigenvalue weighted by Crippen LogP contribution is 2.37. The predicted molar refractivity (Wildman–Crippen MR) is 63.7 cm³/mol. The van der Waals surface area contributed by atoms with Gasteiger partial charge in [-0.15, -0.1) is 0 Å². The van der Waals surface area contributed by atoms with Gasteiger partial charge < -0.3 is 15.2 Å². The van der Waals surface area contributed by atoms with Crippen LogP contribution in [-0.2, 0) is 4.74 Å². The van der Waals surface area contributed by atoms with Crippen LogP contribution in [-0.4, -0.2) is 33.7 Å². The largest absolute Gasteiger partial charge is 0.478 e. The molecule has 2 fully saturated rings. The van der Waals surface area contributed by atoms with Gasteiger partial charge in [-0.3, -0.25) is 0 Å². The molecule has 0 aliphatic carbocycles. The first kappa shape index (κ1) is 11.0. The lowest BCUT2D eigenvalue weighted by Gasteiger charge is -2.20. The van der Waals surface area contributed by atoms with Crippen molar-refractivity contribution in [1.82, 2.24) is 4.37 Å². The zero-order chi connectivity index (χ0) is 12.0. The van der Waals surface area contributed by atoms with Gasteiger partial charge in [0.05, 0.1) is 23.9 Å². The monoisotopic (exact) mass is 254 g/mol. The number of hydrogen-bond donors (Lipinski definition) is 2. The Bertz CT molecular complexity index is 460. The number of ether oxygens (including phenoxy) is 1. The molecule has 2 aliphatic heterocycles. The molecule has 3 heterocycles. The van der Waals surface area contributed by atoms with Gasteiger partial charge >= 0.3 is 5.97 Å². The minimum absolute atomic E-state index is 0.240. The third-order valence-electron chi connectivity index (χ3n) is 3.50. The smallest absolute Gasteiger partial charge is 0.340 e. The Kier molecular flexibility index (Phi) is 2.56. The molecule has 1 aromatic rings. The number of aromatic carboxylic acids is 1. The normalized spacial score (nSPS) is 30.8. The quantitative estimate of drug-likeness (QED) is 0.861. The number of aryl methyl sites for hydroxylation is 1. The molecule has 3 unspecified atom stereocenters. The fraction of sp³-hybridized carbons (Fsp3) is 0.636. The Hall–Kier alpha value is -1.14. The van der Waals surface area contributed by atoms with E-state index in [4.69, 9.17) is 9.84 Å². The molecule has 5 nitrogen and oxygen atoms in total. The third kappa shape index (κ3) is 1.81. The van der Waals surface area contributed by atoms with Gasteiger partial charge in [0.25, 0.3) is 0 Å². The molecule has 17 heavy (non-hydrogen) atoms. The maximum atomic E-state index is 11.1. The van der Waals surface area contributed by atoms with Crippen LogP contribution in [0.5, 0.6) is 0 Å². The lowest BCUT2D eigenvalue weighted by molar-refractivity contribution is 0.0697. The van der Waals surface area contributed by atoms with Crippen LogP contribution in [0.3, 0.4) is 0 Å². The van der Waals surface area contributed by atoms with Crippen LogP contribution in [0.25, 0.3) is 0 Å².